The van der Waals surface area contributed by atoms with E-state index < -0.39 is 11.9 Å². The van der Waals surface area contributed by atoms with Crippen LogP contribution < -0.4 is 15.0 Å². The zero-order valence-corrected chi connectivity index (χ0v) is 22.8. The number of carbonyl (C=O) groups is 3. The maximum atomic E-state index is 12.6. The van der Waals surface area contributed by atoms with E-state index in [1.54, 1.807) is 7.11 Å². The van der Waals surface area contributed by atoms with Crippen molar-refractivity contribution >= 4 is 34.3 Å². The summed E-state index contributed by atoms with van der Waals surface area (Å²) < 4.78 is 5.53. The average Bonchev–Trinajstić information content (AvgIpc) is 3.01. The van der Waals surface area contributed by atoms with Crippen LogP contribution in [0.25, 0.3) is 10.8 Å². The molecule has 0 spiro atoms. The predicted molar refractivity (Wildman–Crippen MR) is 157 cm³/mol. The number of methoxy groups -OCH3 is 1. The largest absolute Gasteiger partial charge is 0.495 e. The molecule has 1 aliphatic heterocycles. The zero-order chi connectivity index (χ0) is 29.2. The van der Waals surface area contributed by atoms with Crippen molar-refractivity contribution in [2.24, 2.45) is 0 Å². The molecule has 0 atom stereocenters. The van der Waals surface area contributed by atoms with Crippen molar-refractivity contribution in [3.05, 3.63) is 108 Å². The first-order chi connectivity index (χ1) is 19.8. The fourth-order valence-electron chi connectivity index (χ4n) is 4.67. The molecule has 1 saturated heterocycles. The Hall–Kier alpha value is -4.89. The number of nitrogens with zero attached hydrogens (tertiary/aromatic N) is 2. The van der Waals surface area contributed by atoms with Crippen LogP contribution in [0.1, 0.15) is 21.5 Å². The van der Waals surface area contributed by atoms with Crippen molar-refractivity contribution in [2.75, 3.05) is 38.2 Å². The first-order valence-electron chi connectivity index (χ1n) is 13.3. The van der Waals surface area contributed by atoms with E-state index in [0.717, 1.165) is 54.8 Å². The number of carbonyl (C=O) groups excluding carboxylic acids is 1. The lowest BCUT2D eigenvalue weighted by Crippen LogP contribution is -2.46. The molecule has 5 rings (SSSR count). The minimum absolute atomic E-state index is 0.0484. The topological polar surface area (TPSA) is 119 Å². The lowest BCUT2D eigenvalue weighted by Gasteiger charge is -2.36. The first-order valence-corrected chi connectivity index (χ1v) is 13.3. The van der Waals surface area contributed by atoms with Gasteiger partial charge in [0, 0.05) is 44.8 Å². The maximum absolute atomic E-state index is 12.6. The minimum Gasteiger partial charge on any atom is -0.495 e. The Balaban J connectivity index is 0.000000585. The molecule has 0 saturated carbocycles. The number of nitrogens with one attached hydrogen (secondary N) is 1. The second-order valence-corrected chi connectivity index (χ2v) is 9.61. The maximum Gasteiger partial charge on any atom is 0.414 e. The van der Waals surface area contributed by atoms with E-state index in [4.69, 9.17) is 24.5 Å². The summed E-state index contributed by atoms with van der Waals surface area (Å²) in [5.74, 6) is -2.76. The van der Waals surface area contributed by atoms with Crippen molar-refractivity contribution in [3.63, 3.8) is 0 Å². The van der Waals surface area contributed by atoms with Crippen molar-refractivity contribution in [1.29, 1.82) is 0 Å². The number of carboxylic acids is 2. The van der Waals surface area contributed by atoms with Crippen molar-refractivity contribution < 1.29 is 29.3 Å². The number of fused-ring (bicyclic) bond motifs is 1. The predicted octanol–water partition coefficient (Wildman–Crippen LogP) is 4.26. The van der Waals surface area contributed by atoms with E-state index in [1.165, 1.54) is 11.3 Å². The smallest absolute Gasteiger partial charge is 0.414 e. The second-order valence-electron chi connectivity index (χ2n) is 9.61. The Morgan fingerprint density at radius 3 is 2.02 bits per heavy atom. The van der Waals surface area contributed by atoms with Crippen LogP contribution in [0.2, 0.25) is 0 Å². The average molecular weight is 556 g/mol. The summed E-state index contributed by atoms with van der Waals surface area (Å²) in [5.41, 5.74) is 4.25. The Bertz CT molecular complexity index is 1490. The third kappa shape index (κ3) is 8.06. The van der Waals surface area contributed by atoms with Crippen LogP contribution in [0.15, 0.2) is 91.0 Å². The zero-order valence-electron chi connectivity index (χ0n) is 22.8. The van der Waals surface area contributed by atoms with Gasteiger partial charge in [-0.3, -0.25) is 9.69 Å². The monoisotopic (exact) mass is 555 g/mol. The van der Waals surface area contributed by atoms with Gasteiger partial charge in [0.25, 0.3) is 5.91 Å². The summed E-state index contributed by atoms with van der Waals surface area (Å²) in [6.45, 7) is 5.45. The lowest BCUT2D eigenvalue weighted by molar-refractivity contribution is -0.159. The van der Waals surface area contributed by atoms with Gasteiger partial charge in [0.2, 0.25) is 0 Å². The molecule has 1 aliphatic rings. The molecule has 4 aromatic rings. The van der Waals surface area contributed by atoms with Gasteiger partial charge in [-0.15, -0.1) is 0 Å². The molecule has 1 fully saturated rings. The van der Waals surface area contributed by atoms with Gasteiger partial charge in [-0.1, -0.05) is 66.7 Å². The van der Waals surface area contributed by atoms with Crippen LogP contribution in [0.4, 0.5) is 5.69 Å². The van der Waals surface area contributed by atoms with Crippen molar-refractivity contribution in [1.82, 2.24) is 10.2 Å². The summed E-state index contributed by atoms with van der Waals surface area (Å²) in [4.78, 5) is 35.7. The molecular weight excluding hydrogens is 522 g/mol. The molecule has 9 nitrogen and oxygen atoms in total. The van der Waals surface area contributed by atoms with E-state index in [0.29, 0.717) is 12.1 Å². The number of benzene rings is 4. The number of piperazine rings is 1. The summed E-state index contributed by atoms with van der Waals surface area (Å²) in [5, 5.41) is 20.0. The Morgan fingerprint density at radius 2 is 1.37 bits per heavy atom. The van der Waals surface area contributed by atoms with Crippen LogP contribution >= 0.6 is 0 Å². The van der Waals surface area contributed by atoms with Crippen LogP contribution in [0.3, 0.4) is 0 Å². The Labute approximate surface area is 238 Å². The van der Waals surface area contributed by atoms with E-state index in [2.05, 4.69) is 57.6 Å². The highest BCUT2D eigenvalue weighted by Gasteiger charge is 2.19. The summed E-state index contributed by atoms with van der Waals surface area (Å²) in [6.07, 6.45) is 0. The SMILES string of the molecule is COc1ccccc1N1CCN(Cc2ccc(CNC(=O)c3ccc4ccccc4c3)cc2)CC1.O=C(O)C(=O)O. The van der Waals surface area contributed by atoms with Gasteiger partial charge < -0.3 is 25.2 Å². The molecule has 0 radical (unpaired) electrons. The summed E-state index contributed by atoms with van der Waals surface area (Å²) >= 11 is 0. The van der Waals surface area contributed by atoms with Gasteiger partial charge in [0.15, 0.2) is 0 Å². The molecule has 1 heterocycles. The van der Waals surface area contributed by atoms with Crippen molar-refractivity contribution in [3.8, 4) is 5.75 Å². The first kappa shape index (κ1) is 29.1. The highest BCUT2D eigenvalue weighted by molar-refractivity contribution is 6.27. The van der Waals surface area contributed by atoms with E-state index in [-0.39, 0.29) is 5.91 Å². The summed E-state index contributed by atoms with van der Waals surface area (Å²) in [6, 6.07) is 30.7. The molecule has 4 aromatic carbocycles. The van der Waals surface area contributed by atoms with Gasteiger partial charge >= 0.3 is 11.9 Å². The molecule has 0 aliphatic carbocycles. The molecule has 0 aromatic heterocycles. The Morgan fingerprint density at radius 1 is 0.756 bits per heavy atom. The fraction of sp³-hybridized carbons (Fsp3) is 0.219. The quantitative estimate of drug-likeness (QED) is 0.290. The van der Waals surface area contributed by atoms with Crippen LogP contribution in [0.5, 0.6) is 5.75 Å². The number of ether oxygens (including phenoxy) is 1. The number of hydrogen-bond acceptors (Lipinski definition) is 6. The minimum atomic E-state index is -1.82. The standard InChI is InChI=1S/C30H31N3O2.C2H2O4/c1-35-29-9-5-4-8-28(29)33-18-16-32(17-19-33)22-24-12-10-23(11-13-24)21-31-30(34)27-15-14-25-6-2-3-7-26(25)20-27;3-1(4)2(5)6/h2-15,20H,16-19,21-22H2,1H3,(H,31,34);(H,3,4)(H,5,6). The number of amides is 1. The van der Waals surface area contributed by atoms with Crippen LogP contribution in [0, 0.1) is 0 Å². The molecule has 0 unspecified atom stereocenters. The van der Waals surface area contributed by atoms with Gasteiger partial charge in [0.1, 0.15) is 5.75 Å². The van der Waals surface area contributed by atoms with E-state index >= 15 is 0 Å². The summed E-state index contributed by atoms with van der Waals surface area (Å²) in [7, 11) is 1.73. The number of aliphatic carboxylic acids is 2. The molecule has 212 valence electrons. The van der Waals surface area contributed by atoms with E-state index in [1.807, 2.05) is 48.5 Å². The highest BCUT2D eigenvalue weighted by atomic mass is 16.5. The molecule has 0 bridgehead atoms. The van der Waals surface area contributed by atoms with Gasteiger partial charge in [-0.05, 0) is 46.2 Å². The number of para-hydroxylation sites is 2. The second kappa shape index (κ2) is 14.0. The molecule has 1 amide bonds. The van der Waals surface area contributed by atoms with Crippen LogP contribution in [-0.4, -0.2) is 66.2 Å². The third-order valence-electron chi connectivity index (χ3n) is 6.87. The number of hydrogen-bond donors (Lipinski definition) is 3. The van der Waals surface area contributed by atoms with Crippen LogP contribution in [-0.2, 0) is 22.7 Å². The Kier molecular flexibility index (Phi) is 9.90. The van der Waals surface area contributed by atoms with Gasteiger partial charge in [0.05, 0.1) is 12.8 Å². The molecular formula is C32H33N3O6. The molecule has 9 heteroatoms. The lowest BCUT2D eigenvalue weighted by atomic mass is 10.1. The molecule has 41 heavy (non-hydrogen) atoms. The number of anilines is 1. The van der Waals surface area contributed by atoms with E-state index in [9.17, 15) is 4.79 Å². The normalized spacial score (nSPS) is 13.1. The highest BCUT2D eigenvalue weighted by Crippen LogP contribution is 2.28. The molecule has 3 N–H and O–H groups in total. The van der Waals surface area contributed by atoms with Crippen molar-refractivity contribution in [2.45, 2.75) is 13.1 Å². The number of carboxylic acid groups (broad SMARTS) is 2. The third-order valence-corrected chi connectivity index (χ3v) is 6.87. The van der Waals surface area contributed by atoms with Gasteiger partial charge in [-0.25, -0.2) is 9.59 Å². The number of rotatable bonds is 7. The fourth-order valence-corrected chi connectivity index (χ4v) is 4.67. The van der Waals surface area contributed by atoms with Gasteiger partial charge in [-0.2, -0.15) is 0 Å².